The van der Waals surface area contributed by atoms with Crippen LogP contribution < -0.4 is 5.32 Å². The summed E-state index contributed by atoms with van der Waals surface area (Å²) in [6.07, 6.45) is 11.3. The summed E-state index contributed by atoms with van der Waals surface area (Å²) in [5.74, 6) is 0.292. The van der Waals surface area contributed by atoms with Gasteiger partial charge in [0.2, 0.25) is 5.91 Å². The van der Waals surface area contributed by atoms with Crippen molar-refractivity contribution in [2.75, 3.05) is 40.3 Å². The Bertz CT molecular complexity index is 679. The summed E-state index contributed by atoms with van der Waals surface area (Å²) < 4.78 is 0. The second kappa shape index (κ2) is 16.4. The highest BCUT2D eigenvalue weighted by Crippen LogP contribution is 2.38. The second-order valence-corrected chi connectivity index (χ2v) is 9.81. The lowest BCUT2D eigenvalue weighted by Crippen LogP contribution is -2.43. The lowest BCUT2D eigenvalue weighted by Gasteiger charge is -2.24. The molecule has 2 saturated heterocycles. The number of likely N-dealkylation sites (tertiary alicyclic amines) is 2. The average Bonchev–Trinajstić information content (AvgIpc) is 3.62. The fourth-order valence-corrected chi connectivity index (χ4v) is 5.32. The van der Waals surface area contributed by atoms with Crippen molar-refractivity contribution in [3.8, 4) is 6.07 Å². The summed E-state index contributed by atoms with van der Waals surface area (Å²) in [7, 11) is 3.58. The van der Waals surface area contributed by atoms with E-state index in [9.17, 15) is 9.59 Å². The van der Waals surface area contributed by atoms with Gasteiger partial charge in [-0.05, 0) is 37.5 Å². The van der Waals surface area contributed by atoms with Gasteiger partial charge in [-0.2, -0.15) is 5.26 Å². The molecule has 4 aliphatic rings. The molecule has 0 aromatic heterocycles. The van der Waals surface area contributed by atoms with Crippen LogP contribution in [0.4, 0.5) is 4.79 Å². The van der Waals surface area contributed by atoms with Gasteiger partial charge in [-0.15, -0.1) is 0 Å². The summed E-state index contributed by atoms with van der Waals surface area (Å²) >= 11 is 0. The first-order chi connectivity index (χ1) is 16.7. The standard InChI is InChI=1S/C17H27N5O2.C5H10.C2H4O2.C2H6/c1-20(2)17(24)21-10-12-6-14(7-13(12)11-21)19-9-16(23)22-5-3-4-15(22)8-18;1-2-4-5-3-1;1-2(3)4;1-2/h12-15,19H,3-7,9-11H2,1-2H3;1-5H2;1H3,(H,3,4);1-2H3/t12-,13+,14?,15?;;;. The third-order valence-electron chi connectivity index (χ3n) is 6.92. The molecule has 0 spiro atoms. The molecule has 0 aromatic rings. The highest BCUT2D eigenvalue weighted by Gasteiger charge is 2.42. The first-order valence-electron chi connectivity index (χ1n) is 13.3. The van der Waals surface area contributed by atoms with E-state index in [0.29, 0.717) is 31.0 Å². The minimum absolute atomic E-state index is 0.0421. The lowest BCUT2D eigenvalue weighted by molar-refractivity contribution is -0.134. The highest BCUT2D eigenvalue weighted by molar-refractivity contribution is 5.79. The zero-order chi connectivity index (χ0) is 26.4. The van der Waals surface area contributed by atoms with Crippen molar-refractivity contribution in [1.29, 1.82) is 5.26 Å². The second-order valence-electron chi connectivity index (χ2n) is 9.81. The minimum Gasteiger partial charge on any atom is -0.481 e. The fraction of sp³-hybridized carbons (Fsp3) is 0.846. The molecule has 2 aliphatic heterocycles. The van der Waals surface area contributed by atoms with Crippen LogP contribution >= 0.6 is 0 Å². The maximum Gasteiger partial charge on any atom is 0.319 e. The third-order valence-corrected chi connectivity index (χ3v) is 6.92. The van der Waals surface area contributed by atoms with E-state index >= 15 is 0 Å². The molecule has 0 radical (unpaired) electrons. The van der Waals surface area contributed by atoms with E-state index in [1.165, 1.54) is 32.1 Å². The predicted molar refractivity (Wildman–Crippen MR) is 137 cm³/mol. The van der Waals surface area contributed by atoms with E-state index < -0.39 is 5.97 Å². The van der Waals surface area contributed by atoms with E-state index in [0.717, 1.165) is 45.7 Å². The number of amides is 3. The van der Waals surface area contributed by atoms with Crippen LogP contribution in [-0.2, 0) is 9.59 Å². The number of carbonyl (C=O) groups is 3. The van der Waals surface area contributed by atoms with Crippen molar-refractivity contribution in [2.24, 2.45) is 11.8 Å². The molecule has 35 heavy (non-hydrogen) atoms. The summed E-state index contributed by atoms with van der Waals surface area (Å²) in [4.78, 5) is 38.6. The first kappa shape index (κ1) is 30.7. The van der Waals surface area contributed by atoms with Crippen LogP contribution in [0.3, 0.4) is 0 Å². The van der Waals surface area contributed by atoms with Crippen LogP contribution in [0.25, 0.3) is 0 Å². The molecule has 2 saturated carbocycles. The Hall–Kier alpha value is -2.34. The van der Waals surface area contributed by atoms with Gasteiger partial charge in [0.05, 0.1) is 12.6 Å². The van der Waals surface area contributed by atoms with Gasteiger partial charge in [0.1, 0.15) is 6.04 Å². The Kier molecular flexibility index (Phi) is 14.3. The van der Waals surface area contributed by atoms with Crippen LogP contribution in [-0.4, -0.2) is 90.1 Å². The Labute approximate surface area is 211 Å². The number of hydrogen-bond acceptors (Lipinski definition) is 5. The molecule has 0 aromatic carbocycles. The van der Waals surface area contributed by atoms with Crippen molar-refractivity contribution in [3.05, 3.63) is 0 Å². The maximum atomic E-state index is 12.3. The Morgan fingerprint density at radius 3 is 1.91 bits per heavy atom. The molecule has 3 amide bonds. The van der Waals surface area contributed by atoms with Gasteiger partial charge in [0.25, 0.3) is 5.97 Å². The maximum absolute atomic E-state index is 12.3. The number of nitrogens with zero attached hydrogens (tertiary/aromatic N) is 4. The average molecular weight is 494 g/mol. The summed E-state index contributed by atoms with van der Waals surface area (Å²) in [5, 5.41) is 19.9. The number of carbonyl (C=O) groups excluding carboxylic acids is 2. The van der Waals surface area contributed by atoms with Crippen molar-refractivity contribution in [1.82, 2.24) is 20.0 Å². The van der Waals surface area contributed by atoms with Crippen molar-refractivity contribution < 1.29 is 19.5 Å². The predicted octanol–water partition coefficient (Wildman–Crippen LogP) is 3.55. The highest BCUT2D eigenvalue weighted by atomic mass is 16.4. The molecule has 2 N–H and O–H groups in total. The van der Waals surface area contributed by atoms with Gasteiger partial charge in [-0.1, -0.05) is 46.0 Å². The molecule has 2 aliphatic carbocycles. The summed E-state index contributed by atoms with van der Waals surface area (Å²) in [6, 6.07) is 2.42. The van der Waals surface area contributed by atoms with Gasteiger partial charge in [-0.3, -0.25) is 9.59 Å². The van der Waals surface area contributed by atoms with Crippen LogP contribution in [0.5, 0.6) is 0 Å². The lowest BCUT2D eigenvalue weighted by atomic mass is 10.0. The van der Waals surface area contributed by atoms with E-state index in [1.807, 2.05) is 18.7 Å². The zero-order valence-electron chi connectivity index (χ0n) is 22.5. The minimum atomic E-state index is -0.833. The zero-order valence-corrected chi connectivity index (χ0v) is 22.5. The van der Waals surface area contributed by atoms with Crippen molar-refractivity contribution in [2.45, 2.75) is 90.6 Å². The number of carboxylic acids is 1. The Morgan fingerprint density at radius 2 is 1.49 bits per heavy atom. The smallest absolute Gasteiger partial charge is 0.319 e. The molecule has 9 nitrogen and oxygen atoms in total. The molecule has 2 unspecified atom stereocenters. The normalized spacial score (nSPS) is 26.2. The van der Waals surface area contributed by atoms with Crippen LogP contribution in [0.15, 0.2) is 0 Å². The number of fused-ring (bicyclic) bond motifs is 1. The number of aliphatic carboxylic acids is 1. The summed E-state index contributed by atoms with van der Waals surface area (Å²) in [6.45, 7) is 7.77. The van der Waals surface area contributed by atoms with Gasteiger partial charge in [-0.25, -0.2) is 4.79 Å². The number of nitriles is 1. The topological polar surface area (TPSA) is 117 Å². The molecular formula is C26H47N5O4. The van der Waals surface area contributed by atoms with Crippen LogP contribution in [0.2, 0.25) is 0 Å². The van der Waals surface area contributed by atoms with Crippen LogP contribution in [0, 0.1) is 23.2 Å². The van der Waals surface area contributed by atoms with Crippen LogP contribution in [0.1, 0.15) is 78.6 Å². The van der Waals surface area contributed by atoms with Gasteiger partial charge < -0.3 is 25.1 Å². The Balaban J connectivity index is 0.000000465. The Morgan fingerprint density at radius 1 is 1.00 bits per heavy atom. The number of carboxylic acid groups (broad SMARTS) is 1. The van der Waals surface area contributed by atoms with E-state index in [1.54, 1.807) is 23.9 Å². The van der Waals surface area contributed by atoms with Gasteiger partial charge in [0, 0.05) is 46.7 Å². The molecular weight excluding hydrogens is 446 g/mol. The van der Waals surface area contributed by atoms with Crippen molar-refractivity contribution >= 4 is 17.9 Å². The van der Waals surface area contributed by atoms with E-state index in [-0.39, 0.29) is 18.0 Å². The van der Waals surface area contributed by atoms with Gasteiger partial charge >= 0.3 is 6.03 Å². The third kappa shape index (κ3) is 10.4. The first-order valence-corrected chi connectivity index (χ1v) is 13.3. The summed E-state index contributed by atoms with van der Waals surface area (Å²) in [5.41, 5.74) is 0. The largest absolute Gasteiger partial charge is 0.481 e. The molecule has 200 valence electrons. The molecule has 0 bridgehead atoms. The molecule has 4 fully saturated rings. The monoisotopic (exact) mass is 493 g/mol. The molecule has 4 atom stereocenters. The number of nitrogens with one attached hydrogen (secondary N) is 1. The number of urea groups is 1. The molecule has 9 heteroatoms. The quantitative estimate of drug-likeness (QED) is 0.621. The van der Waals surface area contributed by atoms with E-state index in [2.05, 4.69) is 11.4 Å². The number of hydrogen-bond donors (Lipinski definition) is 2. The fourth-order valence-electron chi connectivity index (χ4n) is 5.32. The molecule has 2 heterocycles. The van der Waals surface area contributed by atoms with Crippen molar-refractivity contribution in [3.63, 3.8) is 0 Å². The number of rotatable bonds is 3. The molecule has 4 rings (SSSR count). The SMILES string of the molecule is C1CCCC1.CC.CC(=O)O.CN(C)C(=O)N1C[C@H]2CC(NCC(=O)N3CCCC3C#N)C[C@H]2C1. The van der Waals surface area contributed by atoms with E-state index in [4.69, 9.17) is 15.2 Å². The van der Waals surface area contributed by atoms with Gasteiger partial charge in [0.15, 0.2) is 0 Å².